The maximum Gasteiger partial charge on any atom is 0.329 e. The largest absolute Gasteiger partial charge is 0.479 e. The van der Waals surface area contributed by atoms with Gasteiger partial charge in [0.25, 0.3) is 0 Å². The highest BCUT2D eigenvalue weighted by Crippen LogP contribution is 2.34. The van der Waals surface area contributed by atoms with Crippen molar-refractivity contribution in [1.82, 2.24) is 5.32 Å². The standard InChI is InChI=1S/C15H23NO3/c1-3-4-5-6-10-13(17)16-15(14(18)19)11-8-7-9-12(15)2/h1,12H,4-11H2,2H3,(H,16,17)(H,18,19). The molecule has 1 fully saturated rings. The molecular formula is C15H23NO3. The average molecular weight is 265 g/mol. The van der Waals surface area contributed by atoms with Gasteiger partial charge in [0, 0.05) is 12.8 Å². The first-order valence-electron chi connectivity index (χ1n) is 7.01. The minimum atomic E-state index is -1.07. The number of carbonyl (C=O) groups is 2. The van der Waals surface area contributed by atoms with Crippen molar-refractivity contribution in [2.24, 2.45) is 5.92 Å². The van der Waals surface area contributed by atoms with Crippen LogP contribution in [0.5, 0.6) is 0 Å². The summed E-state index contributed by atoms with van der Waals surface area (Å²) >= 11 is 0. The van der Waals surface area contributed by atoms with Crippen molar-refractivity contribution >= 4 is 11.9 Å². The molecule has 2 N–H and O–H groups in total. The summed E-state index contributed by atoms with van der Waals surface area (Å²) in [6.45, 7) is 1.91. The smallest absolute Gasteiger partial charge is 0.329 e. The number of hydrogen-bond acceptors (Lipinski definition) is 2. The van der Waals surface area contributed by atoms with E-state index in [0.29, 0.717) is 25.7 Å². The van der Waals surface area contributed by atoms with Crippen LogP contribution in [0.3, 0.4) is 0 Å². The topological polar surface area (TPSA) is 66.4 Å². The Labute approximate surface area is 115 Å². The SMILES string of the molecule is C#CCCCCC(=O)NC1(C(=O)O)CCCCC1C. The lowest BCUT2D eigenvalue weighted by Crippen LogP contribution is -2.59. The Morgan fingerprint density at radius 1 is 1.42 bits per heavy atom. The third-order valence-corrected chi connectivity index (χ3v) is 4.02. The van der Waals surface area contributed by atoms with Gasteiger partial charge in [-0.3, -0.25) is 4.79 Å². The second kappa shape index (κ2) is 7.18. The molecule has 0 aromatic carbocycles. The average Bonchev–Trinajstić information content (AvgIpc) is 2.37. The van der Waals surface area contributed by atoms with Gasteiger partial charge < -0.3 is 10.4 Å². The molecule has 19 heavy (non-hydrogen) atoms. The molecule has 2 atom stereocenters. The highest BCUT2D eigenvalue weighted by molar-refractivity contribution is 5.87. The van der Waals surface area contributed by atoms with Gasteiger partial charge in [0.2, 0.25) is 5.91 Å². The van der Waals surface area contributed by atoms with Gasteiger partial charge in [0.05, 0.1) is 0 Å². The molecule has 0 radical (unpaired) electrons. The molecule has 1 aliphatic rings. The number of unbranched alkanes of at least 4 members (excludes halogenated alkanes) is 2. The summed E-state index contributed by atoms with van der Waals surface area (Å²) in [7, 11) is 0. The molecule has 0 aromatic rings. The van der Waals surface area contributed by atoms with Gasteiger partial charge in [-0.05, 0) is 31.6 Å². The fraction of sp³-hybridized carbons (Fsp3) is 0.733. The second-order valence-electron chi connectivity index (χ2n) is 5.38. The third-order valence-electron chi connectivity index (χ3n) is 4.02. The Morgan fingerprint density at radius 3 is 2.74 bits per heavy atom. The van der Waals surface area contributed by atoms with E-state index >= 15 is 0 Å². The van der Waals surface area contributed by atoms with E-state index in [1.807, 2.05) is 6.92 Å². The van der Waals surface area contributed by atoms with Crippen molar-refractivity contribution in [2.45, 2.75) is 63.8 Å². The van der Waals surface area contributed by atoms with E-state index in [9.17, 15) is 14.7 Å². The maximum atomic E-state index is 11.9. The lowest BCUT2D eigenvalue weighted by atomic mass is 9.73. The number of terminal acetylenes is 1. The van der Waals surface area contributed by atoms with Crippen LogP contribution in [0.25, 0.3) is 0 Å². The van der Waals surface area contributed by atoms with Crippen LogP contribution >= 0.6 is 0 Å². The quantitative estimate of drug-likeness (QED) is 0.572. The molecular weight excluding hydrogens is 242 g/mol. The zero-order valence-electron chi connectivity index (χ0n) is 11.6. The molecule has 106 valence electrons. The lowest BCUT2D eigenvalue weighted by Gasteiger charge is -2.39. The van der Waals surface area contributed by atoms with Crippen LogP contribution in [0.2, 0.25) is 0 Å². The summed E-state index contributed by atoms with van der Waals surface area (Å²) in [6.07, 6.45) is 10.9. The fourth-order valence-electron chi connectivity index (χ4n) is 2.73. The van der Waals surface area contributed by atoms with Crippen LogP contribution in [-0.2, 0) is 9.59 Å². The van der Waals surface area contributed by atoms with Crippen molar-refractivity contribution in [3.8, 4) is 12.3 Å². The van der Waals surface area contributed by atoms with Crippen molar-refractivity contribution < 1.29 is 14.7 Å². The minimum Gasteiger partial charge on any atom is -0.479 e. The molecule has 4 heteroatoms. The summed E-state index contributed by atoms with van der Waals surface area (Å²) < 4.78 is 0. The number of hydrogen-bond donors (Lipinski definition) is 2. The van der Waals surface area contributed by atoms with Gasteiger partial charge in [-0.25, -0.2) is 4.79 Å². The molecule has 0 saturated heterocycles. The highest BCUT2D eigenvalue weighted by atomic mass is 16.4. The zero-order valence-corrected chi connectivity index (χ0v) is 11.6. The molecule has 2 unspecified atom stereocenters. The summed E-state index contributed by atoms with van der Waals surface area (Å²) in [5.74, 6) is 1.43. The zero-order chi connectivity index (χ0) is 14.3. The summed E-state index contributed by atoms with van der Waals surface area (Å²) in [4.78, 5) is 23.5. The molecule has 0 heterocycles. The fourth-order valence-corrected chi connectivity index (χ4v) is 2.73. The van der Waals surface area contributed by atoms with E-state index in [-0.39, 0.29) is 11.8 Å². The Bertz CT molecular complexity index is 372. The van der Waals surface area contributed by atoms with E-state index in [1.165, 1.54) is 0 Å². The molecule has 0 spiro atoms. The lowest BCUT2D eigenvalue weighted by molar-refractivity contribution is -0.152. The summed E-state index contributed by atoms with van der Waals surface area (Å²) in [5, 5.41) is 12.2. The first-order valence-corrected chi connectivity index (χ1v) is 7.01. The monoisotopic (exact) mass is 265 g/mol. The molecule has 4 nitrogen and oxygen atoms in total. The number of carbonyl (C=O) groups excluding carboxylic acids is 1. The number of amides is 1. The van der Waals surface area contributed by atoms with Gasteiger partial charge in [-0.15, -0.1) is 12.3 Å². The number of carboxylic acid groups (broad SMARTS) is 1. The van der Waals surface area contributed by atoms with E-state index in [2.05, 4.69) is 11.2 Å². The van der Waals surface area contributed by atoms with Gasteiger partial charge in [-0.2, -0.15) is 0 Å². The van der Waals surface area contributed by atoms with Crippen molar-refractivity contribution in [2.75, 3.05) is 0 Å². The normalized spacial score (nSPS) is 26.4. The molecule has 1 rings (SSSR count). The molecule has 1 amide bonds. The van der Waals surface area contributed by atoms with E-state index < -0.39 is 11.5 Å². The Balaban J connectivity index is 2.56. The van der Waals surface area contributed by atoms with Crippen molar-refractivity contribution in [3.05, 3.63) is 0 Å². The summed E-state index contributed by atoms with van der Waals surface area (Å²) in [6, 6.07) is 0. The Hall–Kier alpha value is -1.50. The number of aliphatic carboxylic acids is 1. The second-order valence-corrected chi connectivity index (χ2v) is 5.38. The van der Waals surface area contributed by atoms with Crippen LogP contribution in [0.1, 0.15) is 58.3 Å². The number of rotatable bonds is 6. The molecule has 0 aromatic heterocycles. The summed E-state index contributed by atoms with van der Waals surface area (Å²) in [5.41, 5.74) is -1.07. The van der Waals surface area contributed by atoms with Crippen LogP contribution in [0.15, 0.2) is 0 Å². The molecule has 0 bridgehead atoms. The van der Waals surface area contributed by atoms with Gasteiger partial charge in [-0.1, -0.05) is 19.8 Å². The highest BCUT2D eigenvalue weighted by Gasteiger charge is 2.46. The first kappa shape index (κ1) is 15.6. The number of nitrogens with one attached hydrogen (secondary N) is 1. The van der Waals surface area contributed by atoms with Crippen LogP contribution in [0, 0.1) is 18.3 Å². The van der Waals surface area contributed by atoms with Crippen molar-refractivity contribution in [1.29, 1.82) is 0 Å². The Morgan fingerprint density at radius 2 is 2.16 bits per heavy atom. The molecule has 1 aliphatic carbocycles. The first-order chi connectivity index (χ1) is 9.03. The maximum absolute atomic E-state index is 11.9. The number of carboxylic acids is 1. The van der Waals surface area contributed by atoms with Crippen LogP contribution < -0.4 is 5.32 Å². The predicted molar refractivity (Wildman–Crippen MR) is 73.4 cm³/mol. The van der Waals surface area contributed by atoms with E-state index in [0.717, 1.165) is 25.7 Å². The predicted octanol–water partition coefficient (Wildman–Crippen LogP) is 2.33. The van der Waals surface area contributed by atoms with Gasteiger partial charge in [0.1, 0.15) is 5.54 Å². The van der Waals surface area contributed by atoms with Crippen molar-refractivity contribution in [3.63, 3.8) is 0 Å². The Kier molecular flexibility index (Phi) is 5.88. The van der Waals surface area contributed by atoms with Crippen LogP contribution in [0.4, 0.5) is 0 Å². The third kappa shape index (κ3) is 3.99. The molecule has 1 saturated carbocycles. The van der Waals surface area contributed by atoms with E-state index in [4.69, 9.17) is 6.42 Å². The van der Waals surface area contributed by atoms with Gasteiger partial charge >= 0.3 is 5.97 Å². The van der Waals surface area contributed by atoms with Crippen LogP contribution in [-0.4, -0.2) is 22.5 Å². The minimum absolute atomic E-state index is 0.0200. The van der Waals surface area contributed by atoms with Gasteiger partial charge in [0.15, 0.2) is 0 Å². The van der Waals surface area contributed by atoms with E-state index in [1.54, 1.807) is 0 Å². The molecule has 0 aliphatic heterocycles.